The number of hydrogen-bond donors (Lipinski definition) is 0. The molecule has 0 radical (unpaired) electrons. The number of sulfonamides is 1. The van der Waals surface area contributed by atoms with Crippen LogP contribution in [0, 0.1) is 13.8 Å². The third-order valence-electron chi connectivity index (χ3n) is 5.96. The lowest BCUT2D eigenvalue weighted by atomic mass is 10.2. The van der Waals surface area contributed by atoms with E-state index < -0.39 is 16.6 Å². The Morgan fingerprint density at radius 2 is 1.68 bits per heavy atom. The van der Waals surface area contributed by atoms with E-state index >= 15 is 0 Å². The van der Waals surface area contributed by atoms with Gasteiger partial charge in [-0.25, -0.2) is 13.4 Å². The van der Waals surface area contributed by atoms with Gasteiger partial charge in [0.15, 0.2) is 0 Å². The molecule has 6 nitrogen and oxygen atoms in total. The summed E-state index contributed by atoms with van der Waals surface area (Å²) in [6.45, 7) is 4.35. The van der Waals surface area contributed by atoms with Gasteiger partial charge in [0.1, 0.15) is 5.82 Å². The number of para-hydroxylation sites is 2. The second-order valence-corrected chi connectivity index (χ2v) is 9.90. The lowest BCUT2D eigenvalue weighted by molar-refractivity contribution is 0.0616. The van der Waals surface area contributed by atoms with Gasteiger partial charge in [-0.2, -0.15) is 13.1 Å². The molecule has 1 aliphatic rings. The molecule has 4 rings (SSSR count). The maximum atomic E-state index is 13.8. The normalized spacial score (nSPS) is 17.5. The van der Waals surface area contributed by atoms with Gasteiger partial charge >= 0.3 is 6.55 Å². The van der Waals surface area contributed by atoms with Gasteiger partial charge in [-0.05, 0) is 44.5 Å². The van der Waals surface area contributed by atoms with Crippen LogP contribution in [0.15, 0.2) is 47.4 Å². The Kier molecular flexibility index (Phi) is 5.85. The molecule has 1 aromatic heterocycles. The third kappa shape index (κ3) is 3.97. The van der Waals surface area contributed by atoms with E-state index in [9.17, 15) is 17.2 Å². The predicted octanol–water partition coefficient (Wildman–Crippen LogP) is 4.12. The molecule has 3 aromatic rings. The highest BCUT2D eigenvalue weighted by Gasteiger charge is 2.33. The van der Waals surface area contributed by atoms with Gasteiger partial charge in [-0.1, -0.05) is 29.8 Å². The molecule has 0 amide bonds. The Hall–Kier alpha value is -2.36. The maximum Gasteiger partial charge on any atom is 0.320 e. The van der Waals surface area contributed by atoms with E-state index in [-0.39, 0.29) is 6.04 Å². The number of alkyl halides is 2. The number of piperazine rings is 1. The molecule has 1 atom stereocenters. The van der Waals surface area contributed by atoms with Crippen LogP contribution in [0.1, 0.15) is 36.5 Å². The quantitative estimate of drug-likeness (QED) is 0.589. The molecule has 9 heteroatoms. The average molecular weight is 449 g/mol. The van der Waals surface area contributed by atoms with Crippen molar-refractivity contribution in [3.63, 3.8) is 0 Å². The van der Waals surface area contributed by atoms with Crippen molar-refractivity contribution in [2.24, 2.45) is 0 Å². The van der Waals surface area contributed by atoms with Crippen LogP contribution in [0.2, 0.25) is 0 Å². The van der Waals surface area contributed by atoms with Crippen LogP contribution >= 0.6 is 0 Å². The minimum atomic E-state index is -3.60. The summed E-state index contributed by atoms with van der Waals surface area (Å²) in [5.41, 5.74) is 2.66. The molecule has 166 valence electrons. The second-order valence-electron chi connectivity index (χ2n) is 7.99. The molecule has 0 spiro atoms. The number of imidazole rings is 1. The summed E-state index contributed by atoms with van der Waals surface area (Å²) in [5.74, 6) is 0.293. The summed E-state index contributed by atoms with van der Waals surface area (Å²) in [7, 11) is -3.60. The highest BCUT2D eigenvalue weighted by Crippen LogP contribution is 2.30. The zero-order valence-corrected chi connectivity index (χ0v) is 18.6. The van der Waals surface area contributed by atoms with Gasteiger partial charge < -0.3 is 0 Å². The van der Waals surface area contributed by atoms with Gasteiger partial charge in [-0.3, -0.25) is 9.47 Å². The van der Waals surface area contributed by atoms with Crippen molar-refractivity contribution >= 4 is 21.1 Å². The Labute approximate surface area is 181 Å². The lowest BCUT2D eigenvalue weighted by Crippen LogP contribution is -2.49. The topological polar surface area (TPSA) is 58.4 Å². The first-order valence-corrected chi connectivity index (χ1v) is 11.7. The van der Waals surface area contributed by atoms with Crippen LogP contribution in [0.25, 0.3) is 11.0 Å². The van der Waals surface area contributed by atoms with Crippen LogP contribution in [0.5, 0.6) is 0 Å². The molecule has 31 heavy (non-hydrogen) atoms. The summed E-state index contributed by atoms with van der Waals surface area (Å²) >= 11 is 0. The number of rotatable bonds is 5. The van der Waals surface area contributed by atoms with Gasteiger partial charge in [0.25, 0.3) is 0 Å². The van der Waals surface area contributed by atoms with E-state index in [1.165, 1.54) is 4.31 Å². The van der Waals surface area contributed by atoms with Crippen LogP contribution < -0.4 is 0 Å². The van der Waals surface area contributed by atoms with E-state index in [0.717, 1.165) is 15.7 Å². The fourth-order valence-electron chi connectivity index (χ4n) is 4.29. The molecule has 2 aromatic carbocycles. The van der Waals surface area contributed by atoms with Crippen molar-refractivity contribution in [2.75, 3.05) is 26.2 Å². The number of hydrogen-bond acceptors (Lipinski definition) is 4. The molecule has 0 aliphatic carbocycles. The zero-order chi connectivity index (χ0) is 22.3. The standard InChI is InChI=1S/C22H26F2N4O2S/c1-15-8-9-20(16(2)14-15)31(29,30)27-12-10-26(11-13-27)17(3)21-25-18-6-4-5-7-19(18)28(21)22(23)24/h4-9,14,17,22H,10-13H2,1-3H3/t17-/m1/s1. The van der Waals surface area contributed by atoms with E-state index in [0.29, 0.717) is 47.9 Å². The van der Waals surface area contributed by atoms with Crippen LogP contribution in [0.4, 0.5) is 8.78 Å². The first kappa shape index (κ1) is 21.9. The van der Waals surface area contributed by atoms with Crippen LogP contribution in [0.3, 0.4) is 0 Å². The number of aromatic nitrogens is 2. The largest absolute Gasteiger partial charge is 0.320 e. The first-order chi connectivity index (χ1) is 14.7. The van der Waals surface area contributed by atoms with Crippen molar-refractivity contribution in [1.29, 1.82) is 0 Å². The number of aryl methyl sites for hydroxylation is 2. The third-order valence-corrected chi connectivity index (χ3v) is 8.02. The molecule has 0 saturated carbocycles. The fraction of sp³-hybridized carbons (Fsp3) is 0.409. The molecule has 1 aliphatic heterocycles. The summed E-state index contributed by atoms with van der Waals surface area (Å²) in [4.78, 5) is 6.78. The van der Waals surface area contributed by atoms with E-state index in [1.54, 1.807) is 43.3 Å². The summed E-state index contributed by atoms with van der Waals surface area (Å²) < 4.78 is 56.3. The highest BCUT2D eigenvalue weighted by atomic mass is 32.2. The molecule has 0 N–H and O–H groups in total. The molecule has 2 heterocycles. The monoisotopic (exact) mass is 448 g/mol. The molecule has 0 unspecified atom stereocenters. The van der Waals surface area contributed by atoms with Gasteiger partial charge in [0.05, 0.1) is 22.0 Å². The Balaban J connectivity index is 1.54. The van der Waals surface area contributed by atoms with Crippen molar-refractivity contribution in [3.05, 3.63) is 59.4 Å². The molecular weight excluding hydrogens is 422 g/mol. The lowest BCUT2D eigenvalue weighted by Gasteiger charge is -2.37. The maximum absolute atomic E-state index is 13.8. The second kappa shape index (κ2) is 8.29. The fourth-order valence-corrected chi connectivity index (χ4v) is 5.91. The van der Waals surface area contributed by atoms with Crippen LogP contribution in [-0.4, -0.2) is 53.4 Å². The van der Waals surface area contributed by atoms with Crippen molar-refractivity contribution in [2.45, 2.75) is 38.3 Å². The van der Waals surface area contributed by atoms with Gasteiger partial charge in [0, 0.05) is 26.2 Å². The predicted molar refractivity (Wildman–Crippen MR) is 116 cm³/mol. The summed E-state index contributed by atoms with van der Waals surface area (Å²) in [6, 6.07) is 11.8. The smallest absolute Gasteiger partial charge is 0.291 e. The van der Waals surface area contributed by atoms with Crippen molar-refractivity contribution in [1.82, 2.24) is 18.8 Å². The number of fused-ring (bicyclic) bond motifs is 1. The molecule has 1 fully saturated rings. The number of benzene rings is 2. The first-order valence-electron chi connectivity index (χ1n) is 10.3. The van der Waals surface area contributed by atoms with E-state index in [2.05, 4.69) is 4.98 Å². The Bertz CT molecular complexity index is 1200. The SMILES string of the molecule is Cc1ccc(S(=O)(=O)N2CCN([C@H](C)c3nc4ccccc4n3C(F)F)CC2)c(C)c1. The summed E-state index contributed by atoms with van der Waals surface area (Å²) in [5, 5.41) is 0. The van der Waals surface area contributed by atoms with Crippen molar-refractivity contribution in [3.8, 4) is 0 Å². The van der Waals surface area contributed by atoms with E-state index in [1.807, 2.05) is 24.8 Å². The van der Waals surface area contributed by atoms with Crippen molar-refractivity contribution < 1.29 is 17.2 Å². The highest BCUT2D eigenvalue weighted by molar-refractivity contribution is 7.89. The van der Waals surface area contributed by atoms with Crippen LogP contribution in [-0.2, 0) is 10.0 Å². The molecule has 1 saturated heterocycles. The summed E-state index contributed by atoms with van der Waals surface area (Å²) in [6.07, 6.45) is 0. The molecule has 0 bridgehead atoms. The van der Waals surface area contributed by atoms with Gasteiger partial charge in [-0.15, -0.1) is 0 Å². The minimum absolute atomic E-state index is 0.293. The molecular formula is C22H26F2N4O2S. The Morgan fingerprint density at radius 1 is 1.00 bits per heavy atom. The zero-order valence-electron chi connectivity index (χ0n) is 17.8. The minimum Gasteiger partial charge on any atom is -0.291 e. The number of halogens is 2. The van der Waals surface area contributed by atoms with E-state index in [4.69, 9.17) is 0 Å². The Morgan fingerprint density at radius 3 is 2.32 bits per heavy atom. The number of nitrogens with zero attached hydrogens (tertiary/aromatic N) is 4. The van der Waals surface area contributed by atoms with Gasteiger partial charge in [0.2, 0.25) is 10.0 Å². The average Bonchev–Trinajstić information content (AvgIpc) is 3.13.